The summed E-state index contributed by atoms with van der Waals surface area (Å²) in [5.74, 6) is -2.83. The van der Waals surface area contributed by atoms with Crippen molar-refractivity contribution >= 4 is 30.1 Å². The van der Waals surface area contributed by atoms with Gasteiger partial charge in [0.15, 0.2) is 0 Å². The SMILES string of the molecule is O=S(=O)(O)c1cc(S(=O)(=O)c2ccc(F)c(S(=O)(=O)O)c2)ccc1F.[H-].[H-].[Na+].[Na+]. The van der Waals surface area contributed by atoms with Gasteiger partial charge in [-0.15, -0.1) is 0 Å². The Hall–Kier alpha value is 0.0700. The van der Waals surface area contributed by atoms with Crippen molar-refractivity contribution < 1.29 is 105 Å². The number of hydrogen-bond donors (Lipinski definition) is 2. The summed E-state index contributed by atoms with van der Waals surface area (Å²) < 4.78 is 114. The first-order valence-electron chi connectivity index (χ1n) is 6.04. The molecule has 0 heterocycles. The molecule has 0 bridgehead atoms. The second-order valence-corrected chi connectivity index (χ2v) is 9.37. The summed E-state index contributed by atoms with van der Waals surface area (Å²) in [5, 5.41) is 0. The zero-order valence-electron chi connectivity index (χ0n) is 15.8. The van der Waals surface area contributed by atoms with Crippen LogP contribution >= 0.6 is 0 Å². The Morgan fingerprint density at radius 3 is 1.22 bits per heavy atom. The van der Waals surface area contributed by atoms with Crippen molar-refractivity contribution in [3.8, 4) is 0 Å². The normalized spacial score (nSPS) is 12.0. The van der Waals surface area contributed by atoms with Gasteiger partial charge in [-0.1, -0.05) is 0 Å². The fourth-order valence-corrected chi connectivity index (χ4v) is 4.48. The molecule has 2 aromatic carbocycles. The Morgan fingerprint density at radius 2 is 0.963 bits per heavy atom. The van der Waals surface area contributed by atoms with Crippen molar-refractivity contribution in [2.24, 2.45) is 0 Å². The van der Waals surface area contributed by atoms with Crippen molar-refractivity contribution in [1.29, 1.82) is 0 Å². The molecule has 2 N–H and O–H groups in total. The van der Waals surface area contributed by atoms with E-state index in [0.29, 0.717) is 36.4 Å². The maximum Gasteiger partial charge on any atom is 1.00 e. The van der Waals surface area contributed by atoms with Crippen LogP contribution in [0.5, 0.6) is 0 Å². The Kier molecular flexibility index (Phi) is 9.28. The van der Waals surface area contributed by atoms with E-state index in [-0.39, 0.29) is 62.0 Å². The van der Waals surface area contributed by atoms with Gasteiger partial charge in [0.1, 0.15) is 21.4 Å². The predicted molar refractivity (Wildman–Crippen MR) is 80.1 cm³/mol. The van der Waals surface area contributed by atoms with Gasteiger partial charge < -0.3 is 2.85 Å². The van der Waals surface area contributed by atoms with Crippen LogP contribution in [0.1, 0.15) is 2.85 Å². The molecule has 0 atom stereocenters. The van der Waals surface area contributed by atoms with Gasteiger partial charge in [-0.05, 0) is 36.4 Å². The van der Waals surface area contributed by atoms with Gasteiger partial charge in [-0.3, -0.25) is 9.11 Å². The molecule has 0 unspecified atom stereocenters. The topological polar surface area (TPSA) is 143 Å². The molecule has 0 saturated carbocycles. The molecule has 140 valence electrons. The number of benzene rings is 2. The van der Waals surface area contributed by atoms with E-state index in [1.165, 1.54) is 0 Å². The second kappa shape index (κ2) is 9.26. The first kappa shape index (κ1) is 27.1. The van der Waals surface area contributed by atoms with Crippen molar-refractivity contribution in [3.05, 3.63) is 48.0 Å². The van der Waals surface area contributed by atoms with Crippen LogP contribution in [0.4, 0.5) is 8.78 Å². The zero-order chi connectivity index (χ0) is 19.2. The fraction of sp³-hybridized carbons (Fsp3) is 0. The molecule has 0 saturated heterocycles. The molecule has 0 spiro atoms. The standard InChI is InChI=1S/C12H8F2O8S3.2Na.2H/c13-9-3-1-7(5-11(9)24(17,18)19)23(15,16)8-2-4-10(14)12(6-8)25(20,21)22;;;;/h1-6H,(H,17,18,19)(H,20,21,22);;;;/q;2*+1;2*-1. The Bertz CT molecular complexity index is 1100. The zero-order valence-corrected chi connectivity index (χ0v) is 20.2. The predicted octanol–water partition coefficient (Wildman–Crippen LogP) is -4.48. The Labute approximate surface area is 200 Å². The van der Waals surface area contributed by atoms with Crippen LogP contribution in [-0.2, 0) is 30.1 Å². The largest absolute Gasteiger partial charge is 1.00 e. The van der Waals surface area contributed by atoms with E-state index in [2.05, 4.69) is 0 Å². The molecular weight excluding hydrogens is 452 g/mol. The van der Waals surface area contributed by atoms with E-state index < -0.39 is 61.3 Å². The minimum Gasteiger partial charge on any atom is -1.00 e. The molecule has 15 heteroatoms. The third-order valence-corrected chi connectivity index (χ3v) is 6.47. The minimum absolute atomic E-state index is 0. The Balaban J connectivity index is -0.00000169. The van der Waals surface area contributed by atoms with Crippen molar-refractivity contribution in [1.82, 2.24) is 0 Å². The van der Waals surface area contributed by atoms with Gasteiger partial charge in [0.25, 0.3) is 20.2 Å². The number of hydrogen-bond acceptors (Lipinski definition) is 6. The molecule has 2 rings (SSSR count). The fourth-order valence-electron chi connectivity index (χ4n) is 1.83. The molecule has 27 heavy (non-hydrogen) atoms. The average Bonchev–Trinajstić information content (AvgIpc) is 2.45. The molecule has 0 aliphatic heterocycles. The van der Waals surface area contributed by atoms with E-state index in [1.54, 1.807) is 0 Å². The smallest absolute Gasteiger partial charge is 1.00 e. The van der Waals surface area contributed by atoms with Crippen molar-refractivity contribution in [2.45, 2.75) is 19.6 Å². The van der Waals surface area contributed by atoms with E-state index in [1.807, 2.05) is 0 Å². The van der Waals surface area contributed by atoms with E-state index in [0.717, 1.165) is 0 Å². The molecule has 8 nitrogen and oxygen atoms in total. The summed E-state index contributed by atoms with van der Waals surface area (Å²) in [6.07, 6.45) is 0. The third-order valence-electron chi connectivity index (χ3n) is 2.98. The average molecular weight is 462 g/mol. The molecule has 0 aromatic heterocycles. The summed E-state index contributed by atoms with van der Waals surface area (Å²) in [5.41, 5.74) is 0. The Morgan fingerprint density at radius 1 is 0.667 bits per heavy atom. The van der Waals surface area contributed by atoms with Gasteiger partial charge in [0.2, 0.25) is 9.84 Å². The van der Waals surface area contributed by atoms with Crippen LogP contribution in [-0.4, -0.2) is 34.4 Å². The van der Waals surface area contributed by atoms with Gasteiger partial charge in [-0.2, -0.15) is 16.8 Å². The summed E-state index contributed by atoms with van der Waals surface area (Å²) in [4.78, 5) is -4.25. The maximum absolute atomic E-state index is 13.4. The summed E-state index contributed by atoms with van der Waals surface area (Å²) in [6.45, 7) is 0. The van der Waals surface area contributed by atoms with Crippen LogP contribution in [0.2, 0.25) is 0 Å². The first-order valence-corrected chi connectivity index (χ1v) is 10.4. The quantitative estimate of drug-likeness (QED) is 0.263. The van der Waals surface area contributed by atoms with Crippen LogP contribution in [0.3, 0.4) is 0 Å². The molecular formula is C12H10F2Na2O8S3. The summed E-state index contributed by atoms with van der Waals surface area (Å²) in [7, 11) is -14.8. The van der Waals surface area contributed by atoms with E-state index >= 15 is 0 Å². The van der Waals surface area contributed by atoms with Gasteiger partial charge in [-0.25, -0.2) is 17.2 Å². The maximum atomic E-state index is 13.4. The molecule has 0 aliphatic carbocycles. The van der Waals surface area contributed by atoms with Crippen LogP contribution in [0, 0.1) is 11.6 Å². The summed E-state index contributed by atoms with van der Waals surface area (Å²) in [6, 6.07) is 2.88. The van der Waals surface area contributed by atoms with Crippen LogP contribution in [0.15, 0.2) is 56.0 Å². The summed E-state index contributed by atoms with van der Waals surface area (Å²) >= 11 is 0. The van der Waals surface area contributed by atoms with Gasteiger partial charge in [0.05, 0.1) is 9.79 Å². The van der Waals surface area contributed by atoms with Gasteiger partial charge >= 0.3 is 59.1 Å². The van der Waals surface area contributed by atoms with Crippen molar-refractivity contribution in [3.63, 3.8) is 0 Å². The molecule has 0 radical (unpaired) electrons. The second-order valence-electron chi connectivity index (χ2n) is 4.64. The first-order chi connectivity index (χ1) is 11.2. The number of halogens is 2. The van der Waals surface area contributed by atoms with Crippen molar-refractivity contribution in [2.75, 3.05) is 0 Å². The number of sulfone groups is 1. The monoisotopic (exact) mass is 462 g/mol. The van der Waals surface area contributed by atoms with Gasteiger partial charge in [0, 0.05) is 0 Å². The molecule has 2 aromatic rings. The van der Waals surface area contributed by atoms with E-state index in [4.69, 9.17) is 9.11 Å². The molecule has 0 fully saturated rings. The molecule has 0 amide bonds. The van der Waals surface area contributed by atoms with Crippen LogP contribution in [0.25, 0.3) is 0 Å². The van der Waals surface area contributed by atoms with Crippen LogP contribution < -0.4 is 59.1 Å². The molecule has 0 aliphatic rings. The minimum atomic E-state index is -5.07. The van der Waals surface area contributed by atoms with E-state index in [9.17, 15) is 34.0 Å². The number of rotatable bonds is 4. The third kappa shape index (κ3) is 6.02.